The van der Waals surface area contributed by atoms with E-state index in [2.05, 4.69) is 4.98 Å². The van der Waals surface area contributed by atoms with Crippen LogP contribution in [0.2, 0.25) is 0 Å². The Morgan fingerprint density at radius 3 is 2.39 bits per heavy atom. The van der Waals surface area contributed by atoms with Crippen LogP contribution in [0.1, 0.15) is 21.5 Å². The molecule has 2 rings (SSSR count). The molecule has 0 N–H and O–H groups in total. The van der Waals surface area contributed by atoms with Crippen molar-refractivity contribution in [3.8, 4) is 0 Å². The SMILES string of the molecule is Cc1ccccc1C(=O)c1ccc(N(C)C)nc1. The number of carbonyl (C=O) groups excluding carboxylic acids is 1. The number of rotatable bonds is 3. The number of hydrogen-bond donors (Lipinski definition) is 0. The molecule has 1 aromatic carbocycles. The van der Waals surface area contributed by atoms with Crippen LogP contribution < -0.4 is 4.90 Å². The van der Waals surface area contributed by atoms with E-state index in [1.54, 1.807) is 6.20 Å². The molecule has 0 fully saturated rings. The van der Waals surface area contributed by atoms with Gasteiger partial charge in [-0.1, -0.05) is 24.3 Å². The average Bonchev–Trinajstić information content (AvgIpc) is 2.38. The van der Waals surface area contributed by atoms with Crippen LogP contribution in [-0.4, -0.2) is 24.9 Å². The highest BCUT2D eigenvalue weighted by Crippen LogP contribution is 2.15. The Bertz CT molecular complexity index is 559. The quantitative estimate of drug-likeness (QED) is 0.773. The van der Waals surface area contributed by atoms with Gasteiger partial charge in [-0.3, -0.25) is 4.79 Å². The molecule has 92 valence electrons. The molecule has 0 unspecified atom stereocenters. The minimum atomic E-state index is 0.0194. The minimum Gasteiger partial charge on any atom is -0.363 e. The van der Waals surface area contributed by atoms with Gasteiger partial charge in [0, 0.05) is 31.4 Å². The van der Waals surface area contributed by atoms with Gasteiger partial charge in [0.1, 0.15) is 5.82 Å². The van der Waals surface area contributed by atoms with Crippen molar-refractivity contribution in [2.75, 3.05) is 19.0 Å². The lowest BCUT2D eigenvalue weighted by Crippen LogP contribution is -2.11. The first kappa shape index (κ1) is 12.3. The number of pyridine rings is 1. The lowest BCUT2D eigenvalue weighted by atomic mass is 10.0. The molecule has 0 saturated carbocycles. The van der Waals surface area contributed by atoms with Crippen LogP contribution in [0.5, 0.6) is 0 Å². The molecule has 3 heteroatoms. The van der Waals surface area contributed by atoms with Crippen molar-refractivity contribution < 1.29 is 4.79 Å². The summed E-state index contributed by atoms with van der Waals surface area (Å²) in [7, 11) is 3.84. The third-order valence-corrected chi connectivity index (χ3v) is 2.86. The standard InChI is InChI=1S/C15H16N2O/c1-11-6-4-5-7-13(11)15(18)12-8-9-14(16-10-12)17(2)3/h4-10H,1-3H3. The fourth-order valence-corrected chi connectivity index (χ4v) is 1.77. The Morgan fingerprint density at radius 1 is 1.11 bits per heavy atom. The normalized spacial score (nSPS) is 10.2. The predicted octanol–water partition coefficient (Wildman–Crippen LogP) is 2.69. The Hall–Kier alpha value is -2.16. The summed E-state index contributed by atoms with van der Waals surface area (Å²) in [6.07, 6.45) is 1.63. The predicted molar refractivity (Wildman–Crippen MR) is 73.2 cm³/mol. The van der Waals surface area contributed by atoms with Crippen LogP contribution in [0.4, 0.5) is 5.82 Å². The van der Waals surface area contributed by atoms with Crippen molar-refractivity contribution in [2.24, 2.45) is 0 Å². The number of aromatic nitrogens is 1. The number of nitrogens with zero attached hydrogens (tertiary/aromatic N) is 2. The molecule has 18 heavy (non-hydrogen) atoms. The second-order valence-corrected chi connectivity index (χ2v) is 4.44. The molecule has 0 bridgehead atoms. The van der Waals surface area contributed by atoms with Gasteiger partial charge in [0.2, 0.25) is 0 Å². The van der Waals surface area contributed by atoms with Crippen LogP contribution in [0.3, 0.4) is 0 Å². The molecular weight excluding hydrogens is 224 g/mol. The van der Waals surface area contributed by atoms with Gasteiger partial charge in [-0.15, -0.1) is 0 Å². The third-order valence-electron chi connectivity index (χ3n) is 2.86. The molecule has 0 aliphatic carbocycles. The number of aryl methyl sites for hydroxylation is 1. The Morgan fingerprint density at radius 2 is 1.83 bits per heavy atom. The van der Waals surface area contributed by atoms with Gasteiger partial charge in [-0.25, -0.2) is 4.98 Å². The second kappa shape index (κ2) is 5.00. The van der Waals surface area contributed by atoms with E-state index in [0.717, 1.165) is 16.9 Å². The summed E-state index contributed by atoms with van der Waals surface area (Å²) in [5.41, 5.74) is 2.34. The molecule has 0 atom stereocenters. The summed E-state index contributed by atoms with van der Waals surface area (Å²) in [6.45, 7) is 1.94. The fraction of sp³-hybridized carbons (Fsp3) is 0.200. The number of ketones is 1. The molecule has 1 aromatic heterocycles. The Labute approximate surface area is 107 Å². The number of carbonyl (C=O) groups is 1. The molecule has 0 aliphatic rings. The highest BCUT2D eigenvalue weighted by atomic mass is 16.1. The van der Waals surface area contributed by atoms with Gasteiger partial charge in [0.25, 0.3) is 0 Å². The molecule has 3 nitrogen and oxygen atoms in total. The van der Waals surface area contributed by atoms with E-state index in [0.29, 0.717) is 5.56 Å². The summed E-state index contributed by atoms with van der Waals surface area (Å²) < 4.78 is 0. The van der Waals surface area contributed by atoms with E-state index >= 15 is 0 Å². The van der Waals surface area contributed by atoms with Gasteiger partial charge in [0.05, 0.1) is 0 Å². The first-order valence-corrected chi connectivity index (χ1v) is 5.83. The monoisotopic (exact) mass is 240 g/mol. The summed E-state index contributed by atoms with van der Waals surface area (Å²) in [5.74, 6) is 0.863. The van der Waals surface area contributed by atoms with Gasteiger partial charge in [0.15, 0.2) is 5.78 Å². The average molecular weight is 240 g/mol. The smallest absolute Gasteiger partial charge is 0.194 e. The molecule has 0 radical (unpaired) electrons. The zero-order valence-corrected chi connectivity index (χ0v) is 10.8. The van der Waals surface area contributed by atoms with Crippen molar-refractivity contribution in [1.29, 1.82) is 0 Å². The van der Waals surface area contributed by atoms with Crippen LogP contribution >= 0.6 is 0 Å². The van der Waals surface area contributed by atoms with Crippen molar-refractivity contribution in [3.63, 3.8) is 0 Å². The first-order valence-electron chi connectivity index (χ1n) is 5.83. The largest absolute Gasteiger partial charge is 0.363 e. The van der Waals surface area contributed by atoms with Crippen LogP contribution in [0, 0.1) is 6.92 Å². The number of benzene rings is 1. The maximum atomic E-state index is 12.3. The lowest BCUT2D eigenvalue weighted by molar-refractivity contribution is 0.103. The highest BCUT2D eigenvalue weighted by Gasteiger charge is 2.11. The maximum Gasteiger partial charge on any atom is 0.194 e. The van der Waals surface area contributed by atoms with Crippen molar-refractivity contribution in [3.05, 3.63) is 59.3 Å². The molecule has 0 aliphatic heterocycles. The lowest BCUT2D eigenvalue weighted by Gasteiger charge is -2.11. The molecule has 1 heterocycles. The van der Waals surface area contributed by atoms with Gasteiger partial charge >= 0.3 is 0 Å². The zero-order valence-electron chi connectivity index (χ0n) is 10.8. The van der Waals surface area contributed by atoms with Crippen LogP contribution in [0.25, 0.3) is 0 Å². The summed E-state index contributed by atoms with van der Waals surface area (Å²) in [4.78, 5) is 18.5. The molecule has 0 spiro atoms. The van der Waals surface area contributed by atoms with Gasteiger partial charge in [-0.2, -0.15) is 0 Å². The van der Waals surface area contributed by atoms with Crippen molar-refractivity contribution in [1.82, 2.24) is 4.98 Å². The second-order valence-electron chi connectivity index (χ2n) is 4.44. The van der Waals surface area contributed by atoms with Gasteiger partial charge in [-0.05, 0) is 24.6 Å². The highest BCUT2D eigenvalue weighted by molar-refractivity contribution is 6.09. The fourth-order valence-electron chi connectivity index (χ4n) is 1.77. The zero-order chi connectivity index (χ0) is 13.1. The summed E-state index contributed by atoms with van der Waals surface area (Å²) >= 11 is 0. The van der Waals surface area contributed by atoms with E-state index in [-0.39, 0.29) is 5.78 Å². The van der Waals surface area contributed by atoms with E-state index in [1.165, 1.54) is 0 Å². The van der Waals surface area contributed by atoms with E-state index < -0.39 is 0 Å². The Balaban J connectivity index is 2.32. The van der Waals surface area contributed by atoms with E-state index in [4.69, 9.17) is 0 Å². The van der Waals surface area contributed by atoms with E-state index in [1.807, 2.05) is 62.3 Å². The van der Waals surface area contributed by atoms with Crippen molar-refractivity contribution in [2.45, 2.75) is 6.92 Å². The summed E-state index contributed by atoms with van der Waals surface area (Å²) in [6, 6.07) is 11.3. The van der Waals surface area contributed by atoms with Crippen LogP contribution in [-0.2, 0) is 0 Å². The first-order chi connectivity index (χ1) is 8.59. The summed E-state index contributed by atoms with van der Waals surface area (Å²) in [5, 5.41) is 0. The maximum absolute atomic E-state index is 12.3. The number of anilines is 1. The van der Waals surface area contributed by atoms with Gasteiger partial charge < -0.3 is 4.90 Å². The number of hydrogen-bond acceptors (Lipinski definition) is 3. The molecule has 0 saturated heterocycles. The van der Waals surface area contributed by atoms with Crippen molar-refractivity contribution >= 4 is 11.6 Å². The van der Waals surface area contributed by atoms with E-state index in [9.17, 15) is 4.79 Å². The van der Waals surface area contributed by atoms with Crippen LogP contribution in [0.15, 0.2) is 42.6 Å². The minimum absolute atomic E-state index is 0.0194. The molecular formula is C15H16N2O. The molecule has 0 amide bonds. The topological polar surface area (TPSA) is 33.2 Å². The third kappa shape index (κ3) is 2.40. The molecule has 2 aromatic rings. The Kier molecular flexibility index (Phi) is 3.42.